The summed E-state index contributed by atoms with van der Waals surface area (Å²) in [5.74, 6) is 0.142. The van der Waals surface area contributed by atoms with Gasteiger partial charge in [-0.05, 0) is 61.7 Å². The van der Waals surface area contributed by atoms with Crippen LogP contribution in [0.2, 0.25) is 0 Å². The standard InChI is InChI=1S/C30H44O7/c1-6-18-12-35-25-17(5)37-26(24(32)23(18)25)36-14-29-11-20-16(4)7-8-21(20)28(13-31)10-19(29)9-22(15(2)3)30(28,29)27(33)34/h9,13,15-21,23-26,32H,6-8,10-12,14H2,1-5H3,(H,33,34)/t16-,17-,18+,19+,20-,21-,23+,24-,25-,26-,28+,29+,30+/m1/s1. The number of aliphatic carboxylic acids is 1. The molecule has 2 aliphatic heterocycles. The second-order valence-electron chi connectivity index (χ2n) is 13.5. The highest BCUT2D eigenvalue weighted by Gasteiger charge is 2.84. The lowest BCUT2D eigenvalue weighted by Crippen LogP contribution is -2.64. The van der Waals surface area contributed by atoms with Crippen molar-refractivity contribution in [1.29, 1.82) is 0 Å². The van der Waals surface area contributed by atoms with Crippen LogP contribution >= 0.6 is 0 Å². The Morgan fingerprint density at radius 1 is 1.27 bits per heavy atom. The van der Waals surface area contributed by atoms with Gasteiger partial charge in [0.1, 0.15) is 17.8 Å². The number of carbonyl (C=O) groups excluding carboxylic acids is 1. The van der Waals surface area contributed by atoms with Crippen LogP contribution in [0, 0.1) is 57.7 Å². The third-order valence-electron chi connectivity index (χ3n) is 12.1. The highest BCUT2D eigenvalue weighted by molar-refractivity contribution is 5.90. The predicted molar refractivity (Wildman–Crippen MR) is 135 cm³/mol. The number of carbonyl (C=O) groups is 2. The molecule has 6 aliphatic rings. The molecular formula is C30H44O7. The molecule has 0 aromatic rings. The largest absolute Gasteiger partial charge is 0.481 e. The van der Waals surface area contributed by atoms with E-state index in [0.717, 1.165) is 37.5 Å². The summed E-state index contributed by atoms with van der Waals surface area (Å²) in [6.45, 7) is 11.2. The van der Waals surface area contributed by atoms with Gasteiger partial charge in [-0.2, -0.15) is 0 Å². The maximum Gasteiger partial charge on any atom is 0.315 e. The summed E-state index contributed by atoms with van der Waals surface area (Å²) < 4.78 is 18.7. The van der Waals surface area contributed by atoms with Crippen LogP contribution in [-0.2, 0) is 23.8 Å². The highest BCUT2D eigenvalue weighted by Crippen LogP contribution is 2.82. The summed E-state index contributed by atoms with van der Waals surface area (Å²) in [6, 6.07) is 0. The number of aliphatic hydroxyl groups excluding tert-OH is 1. The highest BCUT2D eigenvalue weighted by atomic mass is 16.7. The topological polar surface area (TPSA) is 102 Å². The molecule has 7 heteroatoms. The van der Waals surface area contributed by atoms with Crippen LogP contribution in [0.5, 0.6) is 0 Å². The first-order valence-electron chi connectivity index (χ1n) is 14.6. The minimum atomic E-state index is -1.28. The maximum absolute atomic E-state index is 13.6. The number of aldehydes is 1. The van der Waals surface area contributed by atoms with Crippen molar-refractivity contribution in [2.45, 2.75) is 91.3 Å². The average Bonchev–Trinajstić information content (AvgIpc) is 3.58. The lowest BCUT2D eigenvalue weighted by Gasteiger charge is -2.58. The third kappa shape index (κ3) is 2.98. The molecule has 0 unspecified atom stereocenters. The van der Waals surface area contributed by atoms with E-state index in [4.69, 9.17) is 14.2 Å². The van der Waals surface area contributed by atoms with Gasteiger partial charge in [0.05, 0.1) is 30.8 Å². The summed E-state index contributed by atoms with van der Waals surface area (Å²) in [4.78, 5) is 26.8. The minimum absolute atomic E-state index is 0.0220. The van der Waals surface area contributed by atoms with Crippen molar-refractivity contribution in [2.24, 2.45) is 57.7 Å². The lowest BCUT2D eigenvalue weighted by atomic mass is 9.43. The fraction of sp³-hybridized carbons (Fsp3) is 0.867. The monoisotopic (exact) mass is 516 g/mol. The van der Waals surface area contributed by atoms with Gasteiger partial charge < -0.3 is 29.2 Å². The molecule has 0 amide bonds. The van der Waals surface area contributed by atoms with Crippen LogP contribution in [-0.4, -0.2) is 60.3 Å². The zero-order valence-electron chi connectivity index (χ0n) is 22.9. The van der Waals surface area contributed by atoms with E-state index in [1.807, 2.05) is 6.92 Å². The Bertz CT molecular complexity index is 992. The Kier molecular flexibility index (Phi) is 6.04. The van der Waals surface area contributed by atoms with Gasteiger partial charge in [0, 0.05) is 11.3 Å². The number of carboxylic acid groups (broad SMARTS) is 1. The van der Waals surface area contributed by atoms with E-state index < -0.39 is 34.6 Å². The minimum Gasteiger partial charge on any atom is -0.481 e. The Labute approximate surface area is 220 Å². The van der Waals surface area contributed by atoms with Crippen LogP contribution in [0.15, 0.2) is 11.6 Å². The second kappa shape index (κ2) is 8.61. The molecule has 37 heavy (non-hydrogen) atoms. The first-order chi connectivity index (χ1) is 17.6. The summed E-state index contributed by atoms with van der Waals surface area (Å²) >= 11 is 0. The van der Waals surface area contributed by atoms with E-state index >= 15 is 0 Å². The third-order valence-corrected chi connectivity index (χ3v) is 12.1. The summed E-state index contributed by atoms with van der Waals surface area (Å²) in [7, 11) is 0. The van der Waals surface area contributed by atoms with E-state index in [-0.39, 0.29) is 48.4 Å². The number of carboxylic acids is 1. The van der Waals surface area contributed by atoms with Crippen LogP contribution in [0.25, 0.3) is 0 Å². The SMILES string of the molecule is CC[C@H]1CO[C@H]2[C@@H]1[C@@H](O)[C@H](OC[C@@]13C[C@@H]4[C@H](C)CC[C@H]4[C@@]4(C=O)C[C@@H]1C=C(C(C)C)[C@@]34C(=O)O)O[C@@H]2C. The van der Waals surface area contributed by atoms with Crippen LogP contribution in [0.4, 0.5) is 0 Å². The molecule has 0 radical (unpaired) electrons. The van der Waals surface area contributed by atoms with Crippen molar-refractivity contribution in [3.05, 3.63) is 11.6 Å². The zero-order valence-corrected chi connectivity index (χ0v) is 22.9. The van der Waals surface area contributed by atoms with Gasteiger partial charge in [-0.25, -0.2) is 0 Å². The van der Waals surface area contributed by atoms with Crippen molar-refractivity contribution in [3.8, 4) is 0 Å². The van der Waals surface area contributed by atoms with Crippen molar-refractivity contribution in [1.82, 2.24) is 0 Å². The number of hydrogen-bond donors (Lipinski definition) is 2. The molecule has 0 aromatic carbocycles. The van der Waals surface area contributed by atoms with Crippen molar-refractivity contribution >= 4 is 12.3 Å². The van der Waals surface area contributed by atoms with E-state index in [1.165, 1.54) is 0 Å². The summed E-state index contributed by atoms with van der Waals surface area (Å²) in [5, 5.41) is 22.5. The molecule has 4 aliphatic carbocycles. The summed E-state index contributed by atoms with van der Waals surface area (Å²) in [6.07, 6.45) is 5.37. The first-order valence-corrected chi connectivity index (χ1v) is 14.6. The van der Waals surface area contributed by atoms with E-state index in [0.29, 0.717) is 24.9 Å². The predicted octanol–water partition coefficient (Wildman–Crippen LogP) is 4.07. The molecule has 13 atom stereocenters. The molecule has 7 nitrogen and oxygen atoms in total. The van der Waals surface area contributed by atoms with Crippen LogP contribution < -0.4 is 0 Å². The number of ether oxygens (including phenoxy) is 3. The number of rotatable bonds is 7. The zero-order chi connectivity index (χ0) is 26.5. The maximum atomic E-state index is 13.6. The van der Waals surface area contributed by atoms with Gasteiger partial charge >= 0.3 is 5.97 Å². The van der Waals surface area contributed by atoms with Crippen LogP contribution in [0.1, 0.15) is 66.7 Å². The van der Waals surface area contributed by atoms with E-state index in [1.54, 1.807) is 0 Å². The van der Waals surface area contributed by atoms with Crippen molar-refractivity contribution in [3.63, 3.8) is 0 Å². The van der Waals surface area contributed by atoms with Crippen molar-refractivity contribution in [2.75, 3.05) is 13.2 Å². The molecular weight excluding hydrogens is 472 g/mol. The fourth-order valence-electron chi connectivity index (χ4n) is 10.6. The number of hydrogen-bond acceptors (Lipinski definition) is 6. The van der Waals surface area contributed by atoms with Crippen LogP contribution in [0.3, 0.4) is 0 Å². The number of aliphatic hydroxyl groups is 1. The molecule has 3 saturated carbocycles. The Morgan fingerprint density at radius 2 is 2.03 bits per heavy atom. The molecule has 0 spiro atoms. The van der Waals surface area contributed by atoms with Gasteiger partial charge in [-0.15, -0.1) is 0 Å². The quantitative estimate of drug-likeness (QED) is 0.388. The van der Waals surface area contributed by atoms with Gasteiger partial charge in [0.25, 0.3) is 0 Å². The molecule has 5 fully saturated rings. The van der Waals surface area contributed by atoms with Crippen molar-refractivity contribution < 1.29 is 34.0 Å². The molecule has 6 rings (SSSR count). The molecule has 2 N–H and O–H groups in total. The molecule has 2 heterocycles. The first kappa shape index (κ1) is 26.0. The average molecular weight is 517 g/mol. The smallest absolute Gasteiger partial charge is 0.315 e. The molecule has 0 aromatic heterocycles. The number of allylic oxidation sites excluding steroid dienone is 1. The Morgan fingerprint density at radius 3 is 2.68 bits per heavy atom. The van der Waals surface area contributed by atoms with E-state index in [2.05, 4.69) is 33.8 Å². The second-order valence-corrected chi connectivity index (χ2v) is 13.5. The molecule has 2 saturated heterocycles. The normalized spacial score (nSPS) is 53.8. The Balaban J connectivity index is 1.39. The lowest BCUT2D eigenvalue weighted by molar-refractivity contribution is -0.289. The van der Waals surface area contributed by atoms with E-state index in [9.17, 15) is 19.8 Å². The Hall–Kier alpha value is -1.28. The molecule has 206 valence electrons. The van der Waals surface area contributed by atoms with Gasteiger partial charge in [0.15, 0.2) is 6.29 Å². The van der Waals surface area contributed by atoms with Gasteiger partial charge in [-0.3, -0.25) is 4.79 Å². The number of fused-ring (bicyclic) bond motifs is 3. The fourth-order valence-corrected chi connectivity index (χ4v) is 10.6. The molecule has 4 bridgehead atoms. The van der Waals surface area contributed by atoms with Gasteiger partial charge in [0.2, 0.25) is 0 Å². The van der Waals surface area contributed by atoms with Gasteiger partial charge in [-0.1, -0.05) is 52.2 Å². The summed E-state index contributed by atoms with van der Waals surface area (Å²) in [5.41, 5.74) is -2.01.